The summed E-state index contributed by atoms with van der Waals surface area (Å²) in [4.78, 5) is 10.2. The number of carboxylic acid groups (broad SMARTS) is 1. The molecule has 0 spiro atoms. The summed E-state index contributed by atoms with van der Waals surface area (Å²) < 4.78 is 4.44. The number of rotatable bonds is 3. The van der Waals surface area contributed by atoms with Crippen LogP contribution in [0.1, 0.15) is 6.92 Å². The minimum atomic E-state index is -1.16. The molecule has 4 heteroatoms. The number of hydrogen-bond donors (Lipinski definition) is 2. The Morgan fingerprint density at radius 1 is 1.70 bits per heavy atom. The van der Waals surface area contributed by atoms with Crippen LogP contribution < -0.4 is 0 Å². The van der Waals surface area contributed by atoms with Gasteiger partial charge in [0.15, 0.2) is 0 Å². The van der Waals surface area contributed by atoms with Crippen molar-refractivity contribution in [2.75, 3.05) is 7.11 Å². The van der Waals surface area contributed by atoms with E-state index in [2.05, 4.69) is 4.74 Å². The molecule has 56 valence electrons. The van der Waals surface area contributed by atoms with Crippen molar-refractivity contribution in [3.63, 3.8) is 0 Å². The third-order valence-corrected chi connectivity index (χ3v) is 0.778. The molecule has 0 unspecified atom stereocenters. The van der Waals surface area contributed by atoms with Gasteiger partial charge in [0.25, 0.3) is 0 Å². The number of methoxy groups -OCH3 is 1. The number of carboxylic acids is 1. The Bertz CT molecular complexity index is 183. The maximum atomic E-state index is 10.2. The van der Waals surface area contributed by atoms with Crippen molar-refractivity contribution in [1.29, 1.82) is 5.41 Å². The van der Waals surface area contributed by atoms with Crippen LogP contribution >= 0.6 is 0 Å². The van der Waals surface area contributed by atoms with Crippen molar-refractivity contribution < 1.29 is 14.6 Å². The molecule has 0 aromatic heterocycles. The predicted octanol–water partition coefficient (Wildman–Crippen LogP) is 0.641. The topological polar surface area (TPSA) is 70.4 Å². The summed E-state index contributed by atoms with van der Waals surface area (Å²) in [6.07, 6.45) is 1.14. The molecule has 0 aromatic rings. The van der Waals surface area contributed by atoms with Crippen LogP contribution in [0.2, 0.25) is 0 Å². The van der Waals surface area contributed by atoms with Crippen LogP contribution in [-0.2, 0) is 9.53 Å². The number of nitrogens with one attached hydrogen (secondary N) is 1. The van der Waals surface area contributed by atoms with E-state index in [0.29, 0.717) is 0 Å². The Balaban J connectivity index is 4.34. The summed E-state index contributed by atoms with van der Waals surface area (Å²) in [5, 5.41) is 15.2. The van der Waals surface area contributed by atoms with Crippen molar-refractivity contribution in [3.05, 3.63) is 11.8 Å². The van der Waals surface area contributed by atoms with Gasteiger partial charge in [-0.3, -0.25) is 0 Å². The van der Waals surface area contributed by atoms with Crippen LogP contribution in [0, 0.1) is 5.41 Å². The maximum absolute atomic E-state index is 10.2. The Hall–Kier alpha value is -1.32. The highest BCUT2D eigenvalue weighted by Gasteiger charge is 2.05. The Morgan fingerprint density at radius 2 is 2.20 bits per heavy atom. The fourth-order valence-electron chi connectivity index (χ4n) is 0.405. The molecule has 0 bridgehead atoms. The highest BCUT2D eigenvalue weighted by Crippen LogP contribution is 1.94. The molecular weight excluding hydrogens is 134 g/mol. The first-order valence-corrected chi connectivity index (χ1v) is 2.62. The zero-order valence-electron chi connectivity index (χ0n) is 5.84. The van der Waals surface area contributed by atoms with E-state index < -0.39 is 5.97 Å². The minimum Gasteiger partial charge on any atom is -0.490 e. The molecule has 0 atom stereocenters. The maximum Gasteiger partial charge on any atom is 0.371 e. The summed E-state index contributed by atoms with van der Waals surface area (Å²) in [6.45, 7) is 1.47. The van der Waals surface area contributed by atoms with E-state index in [0.717, 1.165) is 6.08 Å². The lowest BCUT2D eigenvalue weighted by Crippen LogP contribution is -2.03. The van der Waals surface area contributed by atoms with Crippen LogP contribution in [-0.4, -0.2) is 23.9 Å². The van der Waals surface area contributed by atoms with Gasteiger partial charge < -0.3 is 15.3 Å². The van der Waals surface area contributed by atoms with Crippen molar-refractivity contribution in [1.82, 2.24) is 0 Å². The second-order valence-corrected chi connectivity index (χ2v) is 1.70. The van der Waals surface area contributed by atoms with Gasteiger partial charge >= 0.3 is 5.97 Å². The SMILES string of the molecule is CO/C(=C\C(C)=N)C(=O)O. The quantitative estimate of drug-likeness (QED) is 0.346. The van der Waals surface area contributed by atoms with Gasteiger partial charge in [0, 0.05) is 11.8 Å². The second-order valence-electron chi connectivity index (χ2n) is 1.70. The van der Waals surface area contributed by atoms with Gasteiger partial charge in [0.05, 0.1) is 7.11 Å². The third-order valence-electron chi connectivity index (χ3n) is 0.778. The number of ether oxygens (including phenoxy) is 1. The van der Waals surface area contributed by atoms with Crippen molar-refractivity contribution in [2.45, 2.75) is 6.92 Å². The first kappa shape index (κ1) is 8.68. The lowest BCUT2D eigenvalue weighted by Gasteiger charge is -1.97. The predicted molar refractivity (Wildman–Crippen MR) is 36.1 cm³/mol. The van der Waals surface area contributed by atoms with E-state index in [4.69, 9.17) is 10.5 Å². The second kappa shape index (κ2) is 3.66. The van der Waals surface area contributed by atoms with Crippen LogP contribution in [0.25, 0.3) is 0 Å². The molecule has 0 aromatic carbocycles. The van der Waals surface area contributed by atoms with Gasteiger partial charge in [-0.1, -0.05) is 0 Å². The average Bonchev–Trinajstić information content (AvgIpc) is 1.81. The first-order chi connectivity index (χ1) is 4.57. The minimum absolute atomic E-state index is 0.152. The number of hydrogen-bond acceptors (Lipinski definition) is 3. The Kier molecular flexibility index (Phi) is 3.17. The molecule has 0 rings (SSSR count). The smallest absolute Gasteiger partial charge is 0.371 e. The summed E-state index contributed by atoms with van der Waals surface area (Å²) in [6, 6.07) is 0. The van der Waals surface area contributed by atoms with E-state index in [1.165, 1.54) is 14.0 Å². The molecule has 0 heterocycles. The largest absolute Gasteiger partial charge is 0.490 e. The molecule has 0 aliphatic rings. The molecule has 4 nitrogen and oxygen atoms in total. The summed E-state index contributed by atoms with van der Waals surface area (Å²) in [7, 11) is 1.25. The number of aliphatic carboxylic acids is 1. The fourth-order valence-corrected chi connectivity index (χ4v) is 0.405. The van der Waals surface area contributed by atoms with Crippen molar-refractivity contribution >= 4 is 11.7 Å². The van der Waals surface area contributed by atoms with Gasteiger partial charge in [-0.05, 0) is 6.92 Å². The zero-order valence-corrected chi connectivity index (χ0v) is 5.84. The standard InChI is InChI=1S/C6H9NO3/c1-4(7)3-5(10-2)6(8)9/h3,7H,1-2H3,(H,8,9)/b5-3-,7-4?. The summed E-state index contributed by atoms with van der Waals surface area (Å²) in [5.41, 5.74) is 0.152. The zero-order chi connectivity index (χ0) is 8.15. The van der Waals surface area contributed by atoms with Crippen LogP contribution in [0.5, 0.6) is 0 Å². The van der Waals surface area contributed by atoms with Gasteiger partial charge in [-0.2, -0.15) is 0 Å². The molecule has 0 radical (unpaired) electrons. The molecule has 0 aliphatic heterocycles. The van der Waals surface area contributed by atoms with Crippen molar-refractivity contribution in [3.8, 4) is 0 Å². The molecule has 0 saturated carbocycles. The summed E-state index contributed by atoms with van der Waals surface area (Å²) >= 11 is 0. The lowest BCUT2D eigenvalue weighted by atomic mass is 10.3. The number of carbonyl (C=O) groups is 1. The molecule has 10 heavy (non-hydrogen) atoms. The van der Waals surface area contributed by atoms with E-state index in [1.54, 1.807) is 0 Å². The van der Waals surface area contributed by atoms with E-state index in [-0.39, 0.29) is 11.5 Å². The van der Waals surface area contributed by atoms with Gasteiger partial charge in [0.2, 0.25) is 5.76 Å². The van der Waals surface area contributed by atoms with E-state index in [1.807, 2.05) is 0 Å². The third kappa shape index (κ3) is 2.86. The highest BCUT2D eigenvalue weighted by atomic mass is 16.5. The molecule has 0 saturated heterocycles. The number of allylic oxidation sites excluding steroid dienone is 1. The summed E-state index contributed by atoms with van der Waals surface area (Å²) in [5.74, 6) is -1.37. The van der Waals surface area contributed by atoms with E-state index >= 15 is 0 Å². The molecule has 0 aliphatic carbocycles. The van der Waals surface area contributed by atoms with Crippen molar-refractivity contribution in [2.24, 2.45) is 0 Å². The van der Waals surface area contributed by atoms with E-state index in [9.17, 15) is 4.79 Å². The van der Waals surface area contributed by atoms with Gasteiger partial charge in [0.1, 0.15) is 0 Å². The highest BCUT2D eigenvalue weighted by molar-refractivity contribution is 5.97. The van der Waals surface area contributed by atoms with Crippen LogP contribution in [0.4, 0.5) is 0 Å². The Morgan fingerprint density at radius 3 is 2.30 bits per heavy atom. The molecular formula is C6H9NO3. The average molecular weight is 143 g/mol. The normalized spacial score (nSPS) is 10.8. The van der Waals surface area contributed by atoms with Gasteiger partial charge in [-0.25, -0.2) is 4.79 Å². The fraction of sp³-hybridized carbons (Fsp3) is 0.333. The lowest BCUT2D eigenvalue weighted by molar-refractivity contribution is -0.136. The molecule has 0 amide bonds. The van der Waals surface area contributed by atoms with Gasteiger partial charge in [-0.15, -0.1) is 0 Å². The Labute approximate surface area is 58.6 Å². The van der Waals surface area contributed by atoms with Crippen LogP contribution in [0.3, 0.4) is 0 Å². The first-order valence-electron chi connectivity index (χ1n) is 2.62. The van der Waals surface area contributed by atoms with Crippen LogP contribution in [0.15, 0.2) is 11.8 Å². The molecule has 2 N–H and O–H groups in total. The monoisotopic (exact) mass is 143 g/mol. The molecule has 0 fully saturated rings.